The fourth-order valence-electron chi connectivity index (χ4n) is 10.8. The molecule has 0 spiro atoms. The fraction of sp³-hybridized carbons (Fsp3) is 0. The Kier molecular flexibility index (Phi) is 10.6. The summed E-state index contributed by atoms with van der Waals surface area (Å²) in [5.41, 5.74) is 21.7. The molecule has 0 saturated heterocycles. The topological polar surface area (TPSA) is 13.0 Å². The molecule has 4 nitrogen and oxygen atoms in total. The maximum Gasteiger partial charge on any atom is 0.252 e. The van der Waals surface area contributed by atoms with Crippen LogP contribution >= 0.6 is 0 Å². The third-order valence-corrected chi connectivity index (χ3v) is 14.0. The lowest BCUT2D eigenvalue weighted by Crippen LogP contribution is -2.61. The van der Waals surface area contributed by atoms with Gasteiger partial charge < -0.3 is 19.6 Å². The highest BCUT2D eigenvalue weighted by atomic mass is 15.2. The zero-order chi connectivity index (χ0) is 47.1. The molecule has 13 rings (SSSR count). The van der Waals surface area contributed by atoms with Crippen LogP contribution in [-0.4, -0.2) is 6.71 Å². The van der Waals surface area contributed by atoms with Gasteiger partial charge in [0.15, 0.2) is 0 Å². The summed E-state index contributed by atoms with van der Waals surface area (Å²) < 4.78 is 0. The van der Waals surface area contributed by atoms with Crippen molar-refractivity contribution in [3.8, 4) is 22.3 Å². The molecule has 5 heteroatoms. The first-order valence-electron chi connectivity index (χ1n) is 24.4. The van der Waals surface area contributed by atoms with Crippen molar-refractivity contribution < 1.29 is 0 Å². The number of hydrogen-bond acceptors (Lipinski definition) is 4. The molecule has 334 valence electrons. The highest BCUT2D eigenvalue weighted by Gasteiger charge is 2.44. The van der Waals surface area contributed by atoms with Gasteiger partial charge in [0.2, 0.25) is 0 Å². The van der Waals surface area contributed by atoms with Crippen molar-refractivity contribution in [1.82, 2.24) is 0 Å². The Labute approximate surface area is 416 Å². The molecule has 0 N–H and O–H groups in total. The molecule has 0 unspecified atom stereocenters. The van der Waals surface area contributed by atoms with Crippen LogP contribution in [0.3, 0.4) is 0 Å². The van der Waals surface area contributed by atoms with E-state index in [0.717, 1.165) is 68.2 Å². The minimum Gasteiger partial charge on any atom is -0.311 e. The summed E-state index contributed by atoms with van der Waals surface area (Å²) in [4.78, 5) is 9.80. The minimum atomic E-state index is -0.111. The predicted molar refractivity (Wildman–Crippen MR) is 301 cm³/mol. The average Bonchev–Trinajstić information content (AvgIpc) is 3.45. The Hall–Kier alpha value is -9.32. The van der Waals surface area contributed by atoms with E-state index >= 15 is 0 Å². The molecule has 2 aliphatic rings. The molecule has 0 bridgehead atoms. The quantitative estimate of drug-likeness (QED) is 0.127. The van der Waals surface area contributed by atoms with Gasteiger partial charge in [0, 0.05) is 62.6 Å². The van der Waals surface area contributed by atoms with Crippen LogP contribution in [0, 0.1) is 0 Å². The van der Waals surface area contributed by atoms with E-state index in [4.69, 9.17) is 0 Å². The number of nitrogens with zero attached hydrogens (tertiary/aromatic N) is 4. The Morgan fingerprint density at radius 2 is 0.620 bits per heavy atom. The van der Waals surface area contributed by atoms with E-state index in [1.54, 1.807) is 0 Å². The molecule has 0 saturated carbocycles. The van der Waals surface area contributed by atoms with Gasteiger partial charge in [0.05, 0.1) is 5.69 Å². The van der Waals surface area contributed by atoms with Gasteiger partial charge in [-0.1, -0.05) is 182 Å². The van der Waals surface area contributed by atoms with Crippen molar-refractivity contribution >= 4 is 91.3 Å². The maximum absolute atomic E-state index is 2.52. The van der Waals surface area contributed by atoms with E-state index in [2.05, 4.69) is 305 Å². The number of para-hydroxylation sites is 5. The Morgan fingerprint density at radius 3 is 1.13 bits per heavy atom. The third-order valence-electron chi connectivity index (χ3n) is 14.0. The van der Waals surface area contributed by atoms with Gasteiger partial charge in [-0.2, -0.15) is 0 Å². The summed E-state index contributed by atoms with van der Waals surface area (Å²) in [6.07, 6.45) is 0. The van der Waals surface area contributed by atoms with Gasteiger partial charge in [-0.25, -0.2) is 0 Å². The Balaban J connectivity index is 1.12. The van der Waals surface area contributed by atoms with E-state index in [0.29, 0.717) is 0 Å². The molecule has 11 aromatic carbocycles. The number of rotatable bonds is 10. The summed E-state index contributed by atoms with van der Waals surface area (Å²) in [5.74, 6) is 0. The minimum absolute atomic E-state index is 0.111. The van der Waals surface area contributed by atoms with Crippen molar-refractivity contribution in [3.63, 3.8) is 0 Å². The molecular formula is C66H47BN4. The second kappa shape index (κ2) is 18.0. The zero-order valence-corrected chi connectivity index (χ0v) is 39.0. The summed E-state index contributed by atoms with van der Waals surface area (Å²) in [5, 5.41) is 0. The third kappa shape index (κ3) is 7.52. The predicted octanol–water partition coefficient (Wildman–Crippen LogP) is 16.0. The van der Waals surface area contributed by atoms with Gasteiger partial charge >= 0.3 is 0 Å². The van der Waals surface area contributed by atoms with Crippen molar-refractivity contribution in [2.75, 3.05) is 19.6 Å². The SMILES string of the molecule is c1ccc(-c2ccc(N3c4ccc(-c5ccccc5)cc4B4c5ccc(N(c6ccccc6)c6ccccc6)cc5N(c5ccccc5)c5cc(N(c6ccccc6)c6ccccc6)cc3c54)cc2)cc1. The normalized spacial score (nSPS) is 12.1. The smallest absolute Gasteiger partial charge is 0.252 e. The second-order valence-corrected chi connectivity index (χ2v) is 18.1. The van der Waals surface area contributed by atoms with E-state index in [1.807, 2.05) is 0 Å². The van der Waals surface area contributed by atoms with Crippen LogP contribution in [-0.2, 0) is 0 Å². The van der Waals surface area contributed by atoms with E-state index in [-0.39, 0.29) is 6.71 Å². The first-order chi connectivity index (χ1) is 35.2. The molecule has 0 fully saturated rings. The average molecular weight is 907 g/mol. The first-order valence-corrected chi connectivity index (χ1v) is 24.4. The van der Waals surface area contributed by atoms with E-state index in [9.17, 15) is 0 Å². The van der Waals surface area contributed by atoms with Crippen molar-refractivity contribution in [3.05, 3.63) is 285 Å². The fourth-order valence-corrected chi connectivity index (χ4v) is 10.8. The molecule has 11 aromatic rings. The largest absolute Gasteiger partial charge is 0.311 e. The molecular weight excluding hydrogens is 860 g/mol. The van der Waals surface area contributed by atoms with Crippen LogP contribution in [0.15, 0.2) is 285 Å². The summed E-state index contributed by atoms with van der Waals surface area (Å²) in [7, 11) is 0. The number of hydrogen-bond donors (Lipinski definition) is 0. The summed E-state index contributed by atoms with van der Waals surface area (Å²) >= 11 is 0. The molecule has 2 heterocycles. The first kappa shape index (κ1) is 41.8. The molecule has 0 radical (unpaired) electrons. The number of fused-ring (bicyclic) bond motifs is 4. The van der Waals surface area contributed by atoms with Crippen LogP contribution in [0.25, 0.3) is 22.3 Å². The highest BCUT2D eigenvalue weighted by molar-refractivity contribution is 7.00. The second-order valence-electron chi connectivity index (χ2n) is 18.1. The lowest BCUT2D eigenvalue weighted by Gasteiger charge is -2.45. The lowest BCUT2D eigenvalue weighted by molar-refractivity contribution is 1.22. The van der Waals surface area contributed by atoms with Gasteiger partial charge in [0.1, 0.15) is 0 Å². The Morgan fingerprint density at radius 1 is 0.239 bits per heavy atom. The van der Waals surface area contributed by atoms with Crippen LogP contribution in [0.1, 0.15) is 0 Å². The van der Waals surface area contributed by atoms with Crippen LogP contribution in [0.4, 0.5) is 68.2 Å². The van der Waals surface area contributed by atoms with Crippen molar-refractivity contribution in [1.29, 1.82) is 0 Å². The molecule has 2 aliphatic heterocycles. The van der Waals surface area contributed by atoms with Crippen molar-refractivity contribution in [2.24, 2.45) is 0 Å². The monoisotopic (exact) mass is 906 g/mol. The van der Waals surface area contributed by atoms with Gasteiger partial charge in [-0.15, -0.1) is 0 Å². The molecule has 0 atom stereocenters. The number of benzene rings is 11. The Bertz CT molecular complexity index is 3560. The molecule has 0 amide bonds. The van der Waals surface area contributed by atoms with Crippen LogP contribution in [0.5, 0.6) is 0 Å². The summed E-state index contributed by atoms with van der Waals surface area (Å²) in [6.45, 7) is -0.111. The number of anilines is 12. The molecule has 71 heavy (non-hydrogen) atoms. The summed E-state index contributed by atoms with van der Waals surface area (Å²) in [6, 6.07) is 104. The van der Waals surface area contributed by atoms with Gasteiger partial charge in [-0.05, 0) is 142 Å². The molecule has 0 aromatic heterocycles. The molecule has 0 aliphatic carbocycles. The van der Waals surface area contributed by atoms with Crippen LogP contribution < -0.4 is 36.0 Å². The maximum atomic E-state index is 2.52. The van der Waals surface area contributed by atoms with Gasteiger partial charge in [0.25, 0.3) is 6.71 Å². The van der Waals surface area contributed by atoms with E-state index in [1.165, 1.54) is 38.6 Å². The van der Waals surface area contributed by atoms with Gasteiger partial charge in [-0.3, -0.25) is 0 Å². The standard InChI is InChI=1S/C66H47BN4/c1-8-22-48(23-9-1)50-36-39-57(40-37-50)70-62-43-38-51(49-24-10-2-11-25-49)44-61(62)67-60-42-41-58(68(52-26-12-3-13-27-52)53-28-14-4-15-29-53)45-63(60)71(56-34-20-7-21-35-56)65-47-59(46-64(70)66(65)67)69(54-30-16-5-17-31-54)55-32-18-6-19-33-55/h1-47H. The highest BCUT2D eigenvalue weighted by Crippen LogP contribution is 2.49. The van der Waals surface area contributed by atoms with Crippen LogP contribution in [0.2, 0.25) is 0 Å². The lowest BCUT2D eigenvalue weighted by atomic mass is 9.33. The zero-order valence-electron chi connectivity index (χ0n) is 39.0. The van der Waals surface area contributed by atoms with Crippen molar-refractivity contribution in [2.45, 2.75) is 0 Å². The van der Waals surface area contributed by atoms with E-state index < -0.39 is 0 Å².